The van der Waals surface area contributed by atoms with Crippen molar-refractivity contribution in [3.05, 3.63) is 102 Å². The lowest BCUT2D eigenvalue weighted by molar-refractivity contribution is -0.140. The Kier molecular flexibility index (Phi) is 7.85. The SMILES string of the molecule is COC(=O)CCCc1ccc(Oc2ccccc2N)cc1C(=O)NC(C)c1cccc2ccccc12. The summed E-state index contributed by atoms with van der Waals surface area (Å²) in [6, 6.07) is 26.6. The second-order valence-electron chi connectivity index (χ2n) is 8.65. The number of hydrogen-bond donors (Lipinski definition) is 2. The number of ether oxygens (including phenoxy) is 2. The van der Waals surface area contributed by atoms with Crippen molar-refractivity contribution >= 4 is 28.3 Å². The van der Waals surface area contributed by atoms with Gasteiger partial charge >= 0.3 is 5.97 Å². The third-order valence-corrected chi connectivity index (χ3v) is 6.16. The van der Waals surface area contributed by atoms with Gasteiger partial charge in [0, 0.05) is 12.0 Å². The number of para-hydroxylation sites is 2. The van der Waals surface area contributed by atoms with E-state index in [2.05, 4.69) is 23.5 Å². The molecule has 6 nitrogen and oxygen atoms in total. The van der Waals surface area contributed by atoms with Gasteiger partial charge in [0.15, 0.2) is 0 Å². The number of methoxy groups -OCH3 is 1. The maximum atomic E-state index is 13.5. The van der Waals surface area contributed by atoms with Crippen molar-refractivity contribution in [2.75, 3.05) is 12.8 Å². The highest BCUT2D eigenvalue weighted by molar-refractivity contribution is 5.97. The highest BCUT2D eigenvalue weighted by atomic mass is 16.5. The molecule has 0 bridgehead atoms. The zero-order valence-corrected chi connectivity index (χ0v) is 20.5. The van der Waals surface area contributed by atoms with E-state index in [1.807, 2.05) is 55.5 Å². The molecule has 36 heavy (non-hydrogen) atoms. The predicted molar refractivity (Wildman–Crippen MR) is 142 cm³/mol. The molecule has 4 aromatic rings. The molecule has 0 saturated heterocycles. The molecule has 0 spiro atoms. The van der Waals surface area contributed by atoms with Gasteiger partial charge in [-0.3, -0.25) is 9.59 Å². The van der Waals surface area contributed by atoms with E-state index in [0.717, 1.165) is 21.9 Å². The number of anilines is 1. The molecular formula is C30H30N2O4. The molecule has 0 aliphatic carbocycles. The summed E-state index contributed by atoms with van der Waals surface area (Å²) >= 11 is 0. The molecule has 0 aliphatic heterocycles. The minimum Gasteiger partial charge on any atom is -0.469 e. The smallest absolute Gasteiger partial charge is 0.305 e. The third kappa shape index (κ3) is 5.84. The third-order valence-electron chi connectivity index (χ3n) is 6.16. The molecule has 1 unspecified atom stereocenters. The molecule has 0 radical (unpaired) electrons. The van der Waals surface area contributed by atoms with Crippen LogP contribution in [0.25, 0.3) is 10.8 Å². The molecule has 0 saturated carbocycles. The van der Waals surface area contributed by atoms with Crippen LogP contribution in [0.5, 0.6) is 11.5 Å². The highest BCUT2D eigenvalue weighted by Crippen LogP contribution is 2.30. The number of carbonyl (C=O) groups is 2. The Balaban J connectivity index is 1.60. The van der Waals surface area contributed by atoms with Crippen LogP contribution in [-0.4, -0.2) is 19.0 Å². The number of aryl methyl sites for hydroxylation is 1. The van der Waals surface area contributed by atoms with E-state index in [9.17, 15) is 9.59 Å². The Morgan fingerprint density at radius 1 is 0.944 bits per heavy atom. The number of nitrogens with two attached hydrogens (primary N) is 1. The highest BCUT2D eigenvalue weighted by Gasteiger charge is 2.18. The number of fused-ring (bicyclic) bond motifs is 1. The lowest BCUT2D eigenvalue weighted by atomic mass is 9.98. The molecule has 4 aromatic carbocycles. The van der Waals surface area contributed by atoms with Gasteiger partial charge in [-0.1, -0.05) is 60.7 Å². The minimum absolute atomic E-state index is 0.213. The topological polar surface area (TPSA) is 90.7 Å². The van der Waals surface area contributed by atoms with E-state index >= 15 is 0 Å². The maximum absolute atomic E-state index is 13.5. The molecule has 184 valence electrons. The van der Waals surface area contributed by atoms with Gasteiger partial charge in [-0.25, -0.2) is 0 Å². The van der Waals surface area contributed by atoms with Gasteiger partial charge in [0.1, 0.15) is 11.5 Å². The number of nitrogens with one attached hydrogen (secondary N) is 1. The Hall–Kier alpha value is -4.32. The first-order valence-electron chi connectivity index (χ1n) is 12.0. The van der Waals surface area contributed by atoms with Crippen molar-refractivity contribution in [1.82, 2.24) is 5.32 Å². The van der Waals surface area contributed by atoms with Crippen molar-refractivity contribution in [3.63, 3.8) is 0 Å². The molecule has 0 fully saturated rings. The second kappa shape index (κ2) is 11.4. The molecule has 1 amide bonds. The molecule has 4 rings (SSSR count). The van der Waals surface area contributed by atoms with E-state index < -0.39 is 0 Å². The minimum atomic E-state index is -0.273. The number of hydrogen-bond acceptors (Lipinski definition) is 5. The largest absolute Gasteiger partial charge is 0.469 e. The van der Waals surface area contributed by atoms with Crippen LogP contribution in [0.15, 0.2) is 84.9 Å². The number of esters is 1. The summed E-state index contributed by atoms with van der Waals surface area (Å²) in [4.78, 5) is 25.1. The summed E-state index contributed by atoms with van der Waals surface area (Å²) < 4.78 is 10.7. The van der Waals surface area contributed by atoms with Gasteiger partial charge in [0.2, 0.25) is 0 Å². The molecule has 6 heteroatoms. The summed E-state index contributed by atoms with van der Waals surface area (Å²) in [5.74, 6) is 0.541. The van der Waals surface area contributed by atoms with Crippen LogP contribution in [0.3, 0.4) is 0 Å². The zero-order chi connectivity index (χ0) is 25.5. The number of nitrogen functional groups attached to an aromatic ring is 1. The quantitative estimate of drug-likeness (QED) is 0.219. The van der Waals surface area contributed by atoms with Crippen LogP contribution in [-0.2, 0) is 16.0 Å². The van der Waals surface area contributed by atoms with Crippen molar-refractivity contribution in [1.29, 1.82) is 0 Å². The Morgan fingerprint density at radius 3 is 2.50 bits per heavy atom. The summed E-state index contributed by atoms with van der Waals surface area (Å²) in [5, 5.41) is 5.37. The first-order valence-corrected chi connectivity index (χ1v) is 12.0. The van der Waals surface area contributed by atoms with Crippen LogP contribution < -0.4 is 15.8 Å². The van der Waals surface area contributed by atoms with E-state index in [-0.39, 0.29) is 24.3 Å². The van der Waals surface area contributed by atoms with Crippen molar-refractivity contribution in [2.24, 2.45) is 0 Å². The number of amides is 1. The Labute approximate surface area is 211 Å². The fourth-order valence-electron chi connectivity index (χ4n) is 4.25. The second-order valence-corrected chi connectivity index (χ2v) is 8.65. The van der Waals surface area contributed by atoms with Gasteiger partial charge in [-0.15, -0.1) is 0 Å². The van der Waals surface area contributed by atoms with Gasteiger partial charge in [-0.05, 0) is 65.9 Å². The Morgan fingerprint density at radius 2 is 1.69 bits per heavy atom. The standard InChI is InChI=1S/C30H30N2O4/c1-20(24-13-7-10-21-9-3-4-12-25(21)24)32-30(34)26-19-23(36-28-15-6-5-14-27(28)31)18-17-22(26)11-8-16-29(33)35-2/h3-7,9-10,12-15,17-20H,8,11,16,31H2,1-2H3,(H,32,34). The fraction of sp³-hybridized carbons (Fsp3) is 0.200. The molecule has 1 atom stereocenters. The average Bonchev–Trinajstić information content (AvgIpc) is 2.90. The van der Waals surface area contributed by atoms with Crippen molar-refractivity contribution in [3.8, 4) is 11.5 Å². The Bertz CT molecular complexity index is 1380. The lowest BCUT2D eigenvalue weighted by Crippen LogP contribution is -2.27. The van der Waals surface area contributed by atoms with Crippen molar-refractivity contribution in [2.45, 2.75) is 32.2 Å². The average molecular weight is 483 g/mol. The molecule has 3 N–H and O–H groups in total. The molecular weight excluding hydrogens is 452 g/mol. The van der Waals surface area contributed by atoms with Crippen LogP contribution >= 0.6 is 0 Å². The van der Waals surface area contributed by atoms with E-state index in [1.54, 1.807) is 18.2 Å². The first-order chi connectivity index (χ1) is 17.5. The summed E-state index contributed by atoms with van der Waals surface area (Å²) in [6.07, 6.45) is 1.40. The first kappa shape index (κ1) is 24.8. The van der Waals surface area contributed by atoms with Crippen LogP contribution in [0.1, 0.15) is 47.3 Å². The number of carbonyl (C=O) groups excluding carboxylic acids is 2. The maximum Gasteiger partial charge on any atom is 0.305 e. The summed E-state index contributed by atoms with van der Waals surface area (Å²) in [6.45, 7) is 1.97. The zero-order valence-electron chi connectivity index (χ0n) is 20.5. The normalized spacial score (nSPS) is 11.6. The van der Waals surface area contributed by atoms with Crippen LogP contribution in [0, 0.1) is 0 Å². The molecule has 0 aromatic heterocycles. The van der Waals surface area contributed by atoms with E-state index in [4.69, 9.17) is 15.2 Å². The van der Waals surface area contributed by atoms with E-state index in [0.29, 0.717) is 35.6 Å². The van der Waals surface area contributed by atoms with E-state index in [1.165, 1.54) is 7.11 Å². The fourth-order valence-corrected chi connectivity index (χ4v) is 4.25. The number of benzene rings is 4. The summed E-state index contributed by atoms with van der Waals surface area (Å²) in [5.41, 5.74) is 8.91. The predicted octanol–water partition coefficient (Wildman–Crippen LogP) is 6.20. The van der Waals surface area contributed by atoms with Crippen molar-refractivity contribution < 1.29 is 19.1 Å². The van der Waals surface area contributed by atoms with Crippen LogP contribution in [0.4, 0.5) is 5.69 Å². The molecule has 0 heterocycles. The van der Waals surface area contributed by atoms with Gasteiger partial charge in [0.05, 0.1) is 18.8 Å². The van der Waals surface area contributed by atoms with Crippen LogP contribution in [0.2, 0.25) is 0 Å². The monoisotopic (exact) mass is 482 g/mol. The van der Waals surface area contributed by atoms with Gasteiger partial charge in [0.25, 0.3) is 5.91 Å². The lowest BCUT2D eigenvalue weighted by Gasteiger charge is -2.19. The summed E-state index contributed by atoms with van der Waals surface area (Å²) in [7, 11) is 1.37. The van der Waals surface area contributed by atoms with Gasteiger partial charge in [-0.2, -0.15) is 0 Å². The van der Waals surface area contributed by atoms with Gasteiger partial charge < -0.3 is 20.5 Å². The molecule has 0 aliphatic rings. The number of rotatable bonds is 9.